The molecule has 4 aliphatic carbocycles. The van der Waals surface area contributed by atoms with Gasteiger partial charge in [0.2, 0.25) is 0 Å². The van der Waals surface area contributed by atoms with Crippen LogP contribution < -0.4 is 0 Å². The largest absolute Gasteiger partial charge is 0.481 e. The lowest BCUT2D eigenvalue weighted by atomic mass is 9.46. The molecule has 0 saturated heterocycles. The van der Waals surface area contributed by atoms with E-state index in [4.69, 9.17) is 5.11 Å². The van der Waals surface area contributed by atoms with Crippen molar-refractivity contribution in [1.82, 2.24) is 0 Å². The number of aliphatic carboxylic acids is 1. The Morgan fingerprint density at radius 3 is 2.67 bits per heavy atom. The average molecular weight is 371 g/mol. The highest BCUT2D eigenvalue weighted by atomic mass is 16.4. The molecule has 4 rings (SSSR count). The van der Waals surface area contributed by atoms with Crippen molar-refractivity contribution >= 4 is 11.8 Å². The van der Waals surface area contributed by atoms with Crippen molar-refractivity contribution in [2.45, 2.75) is 78.6 Å². The van der Waals surface area contributed by atoms with Gasteiger partial charge in [-0.25, -0.2) is 0 Å². The van der Waals surface area contributed by atoms with Crippen LogP contribution in [-0.2, 0) is 9.59 Å². The molecule has 6 atom stereocenters. The fourth-order valence-electron chi connectivity index (χ4n) is 7.70. The van der Waals surface area contributed by atoms with Gasteiger partial charge in [-0.3, -0.25) is 9.59 Å². The average Bonchev–Trinajstić information content (AvgIpc) is 2.97. The molecule has 3 heteroatoms. The van der Waals surface area contributed by atoms with Gasteiger partial charge in [0.25, 0.3) is 0 Å². The summed E-state index contributed by atoms with van der Waals surface area (Å²) in [6.07, 6.45) is 13.2. The van der Waals surface area contributed by atoms with Gasteiger partial charge in [-0.2, -0.15) is 0 Å². The molecule has 0 amide bonds. The summed E-state index contributed by atoms with van der Waals surface area (Å²) in [6.45, 7) is 7.08. The number of carboxylic acids is 1. The lowest BCUT2D eigenvalue weighted by Gasteiger charge is -2.58. The number of carbonyl (C=O) groups is 2. The Hall–Kier alpha value is -1.38. The maximum atomic E-state index is 12.0. The summed E-state index contributed by atoms with van der Waals surface area (Å²) in [4.78, 5) is 22.9. The van der Waals surface area contributed by atoms with E-state index < -0.39 is 5.97 Å². The van der Waals surface area contributed by atoms with E-state index in [9.17, 15) is 9.59 Å². The van der Waals surface area contributed by atoms with Gasteiger partial charge < -0.3 is 5.11 Å². The van der Waals surface area contributed by atoms with Gasteiger partial charge in [0.15, 0.2) is 5.78 Å². The van der Waals surface area contributed by atoms with Crippen LogP contribution in [-0.4, -0.2) is 16.9 Å². The Balaban J connectivity index is 1.59. The molecule has 0 radical (unpaired) electrons. The number of hydrogen-bond acceptors (Lipinski definition) is 2. The van der Waals surface area contributed by atoms with Crippen LogP contribution in [0.5, 0.6) is 0 Å². The standard InChI is InChI=1S/C24H34O3/c1-15(4-9-22(26)27)19-7-8-20-18-6-5-16-14-17(25)10-12-23(16,2)21(18)11-13-24(19,20)3/h4,14,18-21H,5-13H2,1-3H3,(H,26,27)/t18?,19-,20?,21?,23+,24-/m1/s1. The van der Waals surface area contributed by atoms with E-state index >= 15 is 0 Å². The molecule has 0 aliphatic heterocycles. The van der Waals surface area contributed by atoms with Gasteiger partial charge in [0.05, 0.1) is 6.42 Å². The third kappa shape index (κ3) is 2.93. The second-order valence-electron chi connectivity index (χ2n) is 10.2. The molecular weight excluding hydrogens is 336 g/mol. The van der Waals surface area contributed by atoms with Crippen molar-refractivity contribution in [2.75, 3.05) is 0 Å². The second-order valence-corrected chi connectivity index (χ2v) is 10.2. The number of fused-ring (bicyclic) bond motifs is 5. The van der Waals surface area contributed by atoms with Crippen molar-refractivity contribution in [1.29, 1.82) is 0 Å². The van der Waals surface area contributed by atoms with Crippen LogP contribution in [0, 0.1) is 34.5 Å². The van der Waals surface area contributed by atoms with E-state index in [1.807, 2.05) is 12.2 Å². The number of ketones is 1. The molecule has 0 aromatic rings. The molecule has 0 aromatic carbocycles. The van der Waals surface area contributed by atoms with Crippen LogP contribution in [0.15, 0.2) is 23.3 Å². The van der Waals surface area contributed by atoms with Crippen molar-refractivity contribution in [2.24, 2.45) is 34.5 Å². The number of carboxylic acid groups (broad SMARTS) is 1. The highest BCUT2D eigenvalue weighted by Crippen LogP contribution is 2.67. The summed E-state index contributed by atoms with van der Waals surface area (Å²) in [6, 6.07) is 0. The van der Waals surface area contributed by atoms with E-state index in [0.717, 1.165) is 37.0 Å². The molecule has 148 valence electrons. The molecule has 4 aliphatic rings. The summed E-state index contributed by atoms with van der Waals surface area (Å²) in [5, 5.41) is 9.04. The second kappa shape index (κ2) is 6.60. The minimum Gasteiger partial charge on any atom is -0.481 e. The molecule has 0 spiro atoms. The molecular formula is C24H34O3. The summed E-state index contributed by atoms with van der Waals surface area (Å²) in [5.74, 6) is 2.40. The highest BCUT2D eigenvalue weighted by Gasteiger charge is 2.58. The van der Waals surface area contributed by atoms with Gasteiger partial charge in [-0.05, 0) is 92.4 Å². The fourth-order valence-corrected chi connectivity index (χ4v) is 7.70. The van der Waals surface area contributed by atoms with Crippen molar-refractivity contribution < 1.29 is 14.7 Å². The third-order valence-corrected chi connectivity index (χ3v) is 9.11. The summed E-state index contributed by atoms with van der Waals surface area (Å²) in [5.41, 5.74) is 3.30. The predicted molar refractivity (Wildman–Crippen MR) is 106 cm³/mol. The first-order valence-electron chi connectivity index (χ1n) is 10.9. The molecule has 3 fully saturated rings. The Morgan fingerprint density at radius 1 is 1.15 bits per heavy atom. The Labute approximate surface area is 163 Å². The monoisotopic (exact) mass is 370 g/mol. The van der Waals surface area contributed by atoms with Crippen molar-refractivity contribution in [3.05, 3.63) is 23.3 Å². The minimum absolute atomic E-state index is 0.148. The van der Waals surface area contributed by atoms with E-state index in [-0.39, 0.29) is 11.8 Å². The maximum absolute atomic E-state index is 12.0. The normalized spacial score (nSPS) is 44.2. The predicted octanol–water partition coefficient (Wildman–Crippen LogP) is 5.56. The summed E-state index contributed by atoms with van der Waals surface area (Å²) >= 11 is 0. The summed E-state index contributed by atoms with van der Waals surface area (Å²) < 4.78 is 0. The van der Waals surface area contributed by atoms with Gasteiger partial charge in [0, 0.05) is 6.42 Å². The molecule has 3 nitrogen and oxygen atoms in total. The molecule has 0 heterocycles. The van der Waals surface area contributed by atoms with E-state index in [2.05, 4.69) is 20.8 Å². The minimum atomic E-state index is -0.732. The lowest BCUT2D eigenvalue weighted by Crippen LogP contribution is -2.50. The third-order valence-electron chi connectivity index (χ3n) is 9.11. The van der Waals surface area contributed by atoms with E-state index in [1.54, 1.807) is 0 Å². The van der Waals surface area contributed by atoms with Gasteiger partial charge >= 0.3 is 5.97 Å². The Bertz CT molecular complexity index is 717. The van der Waals surface area contributed by atoms with Crippen LogP contribution in [0.3, 0.4) is 0 Å². The number of hydrogen-bond donors (Lipinski definition) is 1. The van der Waals surface area contributed by atoms with Gasteiger partial charge in [-0.1, -0.05) is 31.1 Å². The number of carbonyl (C=O) groups excluding carboxylic acids is 1. The van der Waals surface area contributed by atoms with Crippen LogP contribution in [0.2, 0.25) is 0 Å². The van der Waals surface area contributed by atoms with Crippen molar-refractivity contribution in [3.8, 4) is 0 Å². The molecule has 0 aromatic heterocycles. The first-order chi connectivity index (χ1) is 12.8. The molecule has 3 unspecified atom stereocenters. The molecule has 1 N–H and O–H groups in total. The smallest absolute Gasteiger partial charge is 0.307 e. The first kappa shape index (κ1) is 19.0. The summed E-state index contributed by atoms with van der Waals surface area (Å²) in [7, 11) is 0. The van der Waals surface area contributed by atoms with Gasteiger partial charge in [-0.15, -0.1) is 0 Å². The molecule has 3 saturated carbocycles. The maximum Gasteiger partial charge on any atom is 0.307 e. The van der Waals surface area contributed by atoms with Crippen LogP contribution in [0.4, 0.5) is 0 Å². The zero-order valence-electron chi connectivity index (χ0n) is 17.1. The van der Waals surface area contributed by atoms with E-state index in [1.165, 1.54) is 43.3 Å². The Kier molecular flexibility index (Phi) is 4.63. The Morgan fingerprint density at radius 2 is 1.93 bits per heavy atom. The quantitative estimate of drug-likeness (QED) is 0.662. The highest BCUT2D eigenvalue weighted by molar-refractivity contribution is 5.91. The number of rotatable bonds is 3. The number of allylic oxidation sites excluding steroid dienone is 2. The van der Waals surface area contributed by atoms with Crippen LogP contribution in [0.1, 0.15) is 78.6 Å². The first-order valence-corrected chi connectivity index (χ1v) is 10.9. The molecule has 0 bridgehead atoms. The lowest BCUT2D eigenvalue weighted by molar-refractivity contribution is -0.136. The zero-order chi connectivity index (χ0) is 19.4. The van der Waals surface area contributed by atoms with Crippen molar-refractivity contribution in [3.63, 3.8) is 0 Å². The fraction of sp³-hybridized carbons (Fsp3) is 0.750. The van der Waals surface area contributed by atoms with Crippen LogP contribution >= 0.6 is 0 Å². The topological polar surface area (TPSA) is 54.4 Å². The zero-order valence-corrected chi connectivity index (χ0v) is 17.1. The SMILES string of the molecule is CC(=CCC(=O)O)[C@H]1CCC2C3CCC4=CC(=O)CC[C@]4(C)C3CC[C@@]21C. The van der Waals surface area contributed by atoms with E-state index in [0.29, 0.717) is 17.1 Å². The van der Waals surface area contributed by atoms with Crippen LogP contribution in [0.25, 0.3) is 0 Å². The molecule has 27 heavy (non-hydrogen) atoms. The van der Waals surface area contributed by atoms with Gasteiger partial charge in [0.1, 0.15) is 0 Å².